The lowest BCUT2D eigenvalue weighted by Crippen LogP contribution is -1.95. The molecule has 0 saturated carbocycles. The zero-order valence-electron chi connectivity index (χ0n) is 20.7. The third-order valence-corrected chi connectivity index (χ3v) is 9.30. The first-order valence-corrected chi connectivity index (χ1v) is 15.8. The summed E-state index contributed by atoms with van der Waals surface area (Å²) in [6.07, 6.45) is 0.0494. The van der Waals surface area contributed by atoms with Gasteiger partial charge in [-0.05, 0) is 71.2 Å². The van der Waals surface area contributed by atoms with Crippen molar-refractivity contribution in [3.05, 3.63) is 144 Å². The van der Waals surface area contributed by atoms with Gasteiger partial charge in [0, 0.05) is 34.6 Å². The first kappa shape index (κ1) is 26.6. The summed E-state index contributed by atoms with van der Waals surface area (Å²) in [6, 6.07) is 37.4. The van der Waals surface area contributed by atoms with Gasteiger partial charge in [0.1, 0.15) is 0 Å². The predicted molar refractivity (Wildman–Crippen MR) is 158 cm³/mol. The smallest absolute Gasteiger partial charge is 0.223 e. The van der Waals surface area contributed by atoms with E-state index in [0.717, 1.165) is 22.3 Å². The average molecular weight is 527 g/mol. The molecule has 38 heavy (non-hydrogen) atoms. The van der Waals surface area contributed by atoms with Crippen LogP contribution < -0.4 is 0 Å². The van der Waals surface area contributed by atoms with Crippen molar-refractivity contribution in [3.63, 3.8) is 0 Å². The minimum Gasteiger partial charge on any atom is -0.296 e. The summed E-state index contributed by atoms with van der Waals surface area (Å²) in [5.74, 6) is 12.0. The van der Waals surface area contributed by atoms with Gasteiger partial charge in [0.2, 0.25) is 14.3 Å². The van der Waals surface area contributed by atoms with Gasteiger partial charge in [-0.3, -0.25) is 9.13 Å². The van der Waals surface area contributed by atoms with Crippen LogP contribution in [0.2, 0.25) is 0 Å². The van der Waals surface area contributed by atoms with Crippen molar-refractivity contribution < 1.29 is 9.13 Å². The maximum absolute atomic E-state index is 14.0. The molecule has 4 aromatic rings. The molecule has 0 fully saturated rings. The van der Waals surface area contributed by atoms with Crippen molar-refractivity contribution in [2.45, 2.75) is 0 Å². The van der Waals surface area contributed by atoms with Gasteiger partial charge in [0.05, 0.1) is 0 Å². The first-order valence-electron chi connectivity index (χ1n) is 12.0. The third-order valence-electron chi connectivity index (χ3n) is 5.35. The highest BCUT2D eigenvalue weighted by molar-refractivity contribution is 7.77. The molecule has 4 heteroatoms. The molecule has 0 N–H and O–H groups in total. The Labute approximate surface area is 225 Å². The van der Waals surface area contributed by atoms with E-state index < -0.39 is 14.3 Å². The molecular weight excluding hydrogens is 502 g/mol. The Morgan fingerprint density at radius 3 is 0.789 bits per heavy atom. The quantitative estimate of drug-likeness (QED) is 0.202. The molecule has 0 aliphatic rings. The highest BCUT2D eigenvalue weighted by Gasteiger charge is 2.24. The van der Waals surface area contributed by atoms with Crippen molar-refractivity contribution in [1.82, 2.24) is 0 Å². The van der Waals surface area contributed by atoms with Crippen LogP contribution in [0.3, 0.4) is 0 Å². The molecule has 0 atom stereocenters. The van der Waals surface area contributed by atoms with Gasteiger partial charge < -0.3 is 0 Å². The molecule has 0 aliphatic carbocycles. The van der Waals surface area contributed by atoms with E-state index >= 15 is 0 Å². The van der Waals surface area contributed by atoms with Crippen LogP contribution in [0.1, 0.15) is 22.3 Å². The molecule has 0 aliphatic heterocycles. The fourth-order valence-corrected chi connectivity index (χ4v) is 7.32. The summed E-state index contributed by atoms with van der Waals surface area (Å²) in [5, 5.41) is 0. The molecule has 0 spiro atoms. The van der Waals surface area contributed by atoms with Crippen molar-refractivity contribution in [2.75, 3.05) is 12.3 Å². The number of hydrogen-bond acceptors (Lipinski definition) is 2. The Hall–Kier alpha value is -4.42. The first-order chi connectivity index (χ1) is 18.5. The van der Waals surface area contributed by atoms with Gasteiger partial charge in [-0.2, -0.15) is 0 Å². The van der Waals surface area contributed by atoms with E-state index in [1.54, 1.807) is 0 Å². The molecule has 0 heterocycles. The van der Waals surface area contributed by atoms with Gasteiger partial charge in [0.15, 0.2) is 0 Å². The van der Waals surface area contributed by atoms with E-state index in [1.165, 1.54) is 0 Å². The Morgan fingerprint density at radius 2 is 0.579 bits per heavy atom. The molecule has 4 rings (SSSR count). The lowest BCUT2D eigenvalue weighted by Gasteiger charge is -2.08. The second kappa shape index (κ2) is 13.2. The van der Waals surface area contributed by atoms with Gasteiger partial charge in [-0.15, -0.1) is 0 Å². The van der Waals surface area contributed by atoms with Crippen LogP contribution in [0.15, 0.2) is 121 Å². The molecule has 0 unspecified atom stereocenters. The molecular formula is C34H24O2P2. The van der Waals surface area contributed by atoms with E-state index in [9.17, 15) is 9.13 Å². The van der Waals surface area contributed by atoms with Gasteiger partial charge in [0.25, 0.3) is 0 Å². The van der Waals surface area contributed by atoms with E-state index in [-0.39, 0.29) is 12.3 Å². The molecule has 0 aromatic heterocycles. The largest absolute Gasteiger partial charge is 0.296 e. The Kier molecular flexibility index (Phi) is 9.27. The average Bonchev–Trinajstić information content (AvgIpc) is 2.98. The Bertz CT molecular complexity index is 1460. The minimum absolute atomic E-state index is 0.0247. The standard InChI is InChI=1S/C34H24O2P2/c35-37(25-21-31-13-5-1-6-14-31,26-22-32-15-7-2-8-16-32)29-30-38(36,27-23-33-17-9-3-10-18-33)28-24-34-19-11-4-12-20-34/h1-20H,29-30H2. The molecule has 4 aromatic carbocycles. The van der Waals surface area contributed by atoms with Crippen LogP contribution >= 0.6 is 14.3 Å². The van der Waals surface area contributed by atoms with E-state index in [4.69, 9.17) is 0 Å². The SMILES string of the molecule is O=P(C#Cc1ccccc1)(C#Cc1ccccc1)CCP(=O)(C#Cc1ccccc1)C#Cc1ccccc1. The maximum Gasteiger partial charge on any atom is 0.223 e. The van der Waals surface area contributed by atoms with Gasteiger partial charge >= 0.3 is 0 Å². The Balaban J connectivity index is 1.69. The van der Waals surface area contributed by atoms with Crippen LogP contribution in [0.4, 0.5) is 0 Å². The third kappa shape index (κ3) is 8.61. The lowest BCUT2D eigenvalue weighted by atomic mass is 10.2. The van der Waals surface area contributed by atoms with Crippen LogP contribution in [-0.2, 0) is 9.13 Å². The highest BCUT2D eigenvalue weighted by atomic mass is 31.2. The van der Waals surface area contributed by atoms with Crippen LogP contribution in [-0.4, -0.2) is 12.3 Å². The zero-order valence-corrected chi connectivity index (χ0v) is 22.5. The van der Waals surface area contributed by atoms with Gasteiger partial charge in [-0.25, -0.2) is 0 Å². The zero-order chi connectivity index (χ0) is 26.5. The summed E-state index contributed by atoms with van der Waals surface area (Å²) in [7, 11) is -6.74. The fourth-order valence-electron chi connectivity index (χ4n) is 3.27. The molecule has 2 nitrogen and oxygen atoms in total. The molecule has 182 valence electrons. The summed E-state index contributed by atoms with van der Waals surface area (Å²) < 4.78 is 28.0. The van der Waals surface area contributed by atoms with Crippen molar-refractivity contribution in [2.24, 2.45) is 0 Å². The van der Waals surface area contributed by atoms with E-state index in [2.05, 4.69) is 46.3 Å². The van der Waals surface area contributed by atoms with Crippen molar-refractivity contribution >= 4 is 14.3 Å². The lowest BCUT2D eigenvalue weighted by molar-refractivity contribution is 0.583. The molecule has 0 saturated heterocycles. The highest BCUT2D eigenvalue weighted by Crippen LogP contribution is 2.51. The van der Waals surface area contributed by atoms with Crippen molar-refractivity contribution in [1.29, 1.82) is 0 Å². The summed E-state index contributed by atoms with van der Waals surface area (Å²) >= 11 is 0. The van der Waals surface area contributed by atoms with E-state index in [0.29, 0.717) is 0 Å². The van der Waals surface area contributed by atoms with Crippen molar-refractivity contribution in [3.8, 4) is 46.3 Å². The predicted octanol–water partition coefficient (Wildman–Crippen LogP) is 7.75. The van der Waals surface area contributed by atoms with Crippen LogP contribution in [0.5, 0.6) is 0 Å². The Morgan fingerprint density at radius 1 is 0.368 bits per heavy atom. The topological polar surface area (TPSA) is 34.1 Å². The molecule has 0 radical (unpaired) electrons. The van der Waals surface area contributed by atoms with Crippen LogP contribution in [0.25, 0.3) is 0 Å². The fraction of sp³-hybridized carbons (Fsp3) is 0.0588. The summed E-state index contributed by atoms with van der Waals surface area (Å²) in [5.41, 5.74) is 14.6. The van der Waals surface area contributed by atoms with E-state index in [1.807, 2.05) is 121 Å². The summed E-state index contributed by atoms with van der Waals surface area (Å²) in [4.78, 5) is 0. The molecule has 0 amide bonds. The summed E-state index contributed by atoms with van der Waals surface area (Å²) in [6.45, 7) is 0. The second-order valence-corrected chi connectivity index (χ2v) is 13.1. The maximum atomic E-state index is 14.0. The normalized spacial score (nSPS) is 10.2. The number of rotatable bonds is 3. The monoisotopic (exact) mass is 526 g/mol. The number of benzene rings is 4. The van der Waals surface area contributed by atoms with Gasteiger partial charge in [-0.1, -0.05) is 96.5 Å². The number of hydrogen-bond donors (Lipinski definition) is 0. The second-order valence-electron chi connectivity index (χ2n) is 8.34. The minimum atomic E-state index is -3.37. The van der Waals surface area contributed by atoms with Crippen LogP contribution in [0, 0.1) is 46.3 Å². The molecule has 0 bridgehead atoms.